The summed E-state index contributed by atoms with van der Waals surface area (Å²) in [6, 6.07) is 5.02. The first-order valence-electron chi connectivity index (χ1n) is 6.68. The Bertz CT molecular complexity index is 633. The van der Waals surface area contributed by atoms with Crippen molar-refractivity contribution in [3.05, 3.63) is 29.6 Å². The molecule has 20 heavy (non-hydrogen) atoms. The smallest absolute Gasteiger partial charge is 0.207 e. The van der Waals surface area contributed by atoms with Crippen molar-refractivity contribution in [1.29, 1.82) is 5.26 Å². The molecular formula is C14H17FN2O2S. The Morgan fingerprint density at radius 1 is 1.45 bits per heavy atom. The van der Waals surface area contributed by atoms with Gasteiger partial charge in [0, 0.05) is 13.1 Å². The lowest BCUT2D eigenvalue weighted by Crippen LogP contribution is -2.37. The van der Waals surface area contributed by atoms with Crippen LogP contribution in [0.25, 0.3) is 0 Å². The van der Waals surface area contributed by atoms with Crippen molar-refractivity contribution in [2.45, 2.75) is 31.1 Å². The average molecular weight is 296 g/mol. The molecule has 108 valence electrons. The maximum absolute atomic E-state index is 13.3. The van der Waals surface area contributed by atoms with Crippen LogP contribution in [-0.4, -0.2) is 25.8 Å². The molecule has 0 amide bonds. The second-order valence-electron chi connectivity index (χ2n) is 5.01. The fraction of sp³-hybridized carbons (Fsp3) is 0.500. The lowest BCUT2D eigenvalue weighted by atomic mass is 9.85. The van der Waals surface area contributed by atoms with Crippen LogP contribution in [0.4, 0.5) is 4.39 Å². The van der Waals surface area contributed by atoms with Gasteiger partial charge in [0.1, 0.15) is 11.9 Å². The zero-order valence-electron chi connectivity index (χ0n) is 11.3. The van der Waals surface area contributed by atoms with Gasteiger partial charge in [-0.25, -0.2) is 12.8 Å². The zero-order valence-corrected chi connectivity index (χ0v) is 12.2. The summed E-state index contributed by atoms with van der Waals surface area (Å²) in [5.74, 6) is -0.283. The Morgan fingerprint density at radius 3 is 2.65 bits per heavy atom. The minimum absolute atomic E-state index is 0.0170. The molecule has 0 aromatic heterocycles. The van der Waals surface area contributed by atoms with E-state index in [9.17, 15) is 12.8 Å². The molecule has 1 aromatic rings. The molecule has 0 atom stereocenters. The number of sulfonamides is 1. The minimum Gasteiger partial charge on any atom is -0.207 e. The quantitative estimate of drug-likeness (QED) is 0.838. The summed E-state index contributed by atoms with van der Waals surface area (Å²) in [6.07, 6.45) is 3.26. The molecule has 0 spiro atoms. The van der Waals surface area contributed by atoms with Crippen molar-refractivity contribution in [3.63, 3.8) is 0 Å². The number of benzene rings is 1. The molecule has 1 aliphatic rings. The first kappa shape index (κ1) is 14.9. The molecule has 1 aromatic carbocycles. The van der Waals surface area contributed by atoms with Gasteiger partial charge in [-0.15, -0.1) is 0 Å². The third-order valence-electron chi connectivity index (χ3n) is 3.74. The van der Waals surface area contributed by atoms with Crippen LogP contribution in [0.15, 0.2) is 23.1 Å². The van der Waals surface area contributed by atoms with E-state index in [0.717, 1.165) is 31.4 Å². The van der Waals surface area contributed by atoms with Crippen LogP contribution in [0, 0.1) is 23.1 Å². The van der Waals surface area contributed by atoms with Crippen molar-refractivity contribution < 1.29 is 12.8 Å². The van der Waals surface area contributed by atoms with Crippen LogP contribution >= 0.6 is 0 Å². The first-order chi connectivity index (χ1) is 9.48. The van der Waals surface area contributed by atoms with Gasteiger partial charge in [0.25, 0.3) is 0 Å². The molecular weight excluding hydrogens is 279 g/mol. The molecule has 0 N–H and O–H groups in total. The maximum atomic E-state index is 13.3. The predicted molar refractivity (Wildman–Crippen MR) is 72.9 cm³/mol. The summed E-state index contributed by atoms with van der Waals surface area (Å²) < 4.78 is 39.7. The summed E-state index contributed by atoms with van der Waals surface area (Å²) >= 11 is 0. The van der Waals surface area contributed by atoms with Gasteiger partial charge in [-0.3, -0.25) is 0 Å². The van der Waals surface area contributed by atoms with E-state index in [2.05, 4.69) is 0 Å². The largest absolute Gasteiger partial charge is 0.243 e. The molecule has 0 saturated heterocycles. The third kappa shape index (κ3) is 2.84. The molecule has 0 radical (unpaired) electrons. The van der Waals surface area contributed by atoms with Gasteiger partial charge in [-0.2, -0.15) is 9.57 Å². The number of halogens is 1. The molecule has 1 fully saturated rings. The highest BCUT2D eigenvalue weighted by Gasteiger charge is 2.28. The number of nitriles is 1. The van der Waals surface area contributed by atoms with Crippen LogP contribution < -0.4 is 0 Å². The highest BCUT2D eigenvalue weighted by molar-refractivity contribution is 7.89. The van der Waals surface area contributed by atoms with E-state index >= 15 is 0 Å². The third-order valence-corrected chi connectivity index (χ3v) is 5.67. The van der Waals surface area contributed by atoms with Crippen LogP contribution in [0.5, 0.6) is 0 Å². The Labute approximate surface area is 118 Å². The number of nitrogens with zero attached hydrogens (tertiary/aromatic N) is 2. The zero-order chi connectivity index (χ0) is 14.8. The fourth-order valence-electron chi connectivity index (χ4n) is 2.26. The van der Waals surface area contributed by atoms with Gasteiger partial charge in [-0.05, 0) is 37.0 Å². The Hall–Kier alpha value is -1.45. The molecule has 6 heteroatoms. The first-order valence-corrected chi connectivity index (χ1v) is 8.13. The summed E-state index contributed by atoms with van der Waals surface area (Å²) in [4.78, 5) is -0.0170. The molecule has 0 aliphatic heterocycles. The van der Waals surface area contributed by atoms with Gasteiger partial charge in [0.15, 0.2) is 0 Å². The highest BCUT2D eigenvalue weighted by atomic mass is 32.2. The lowest BCUT2D eigenvalue weighted by Gasteiger charge is -2.31. The van der Waals surface area contributed by atoms with Crippen LogP contribution in [0.2, 0.25) is 0 Å². The van der Waals surface area contributed by atoms with E-state index in [1.807, 2.05) is 0 Å². The Kier molecular flexibility index (Phi) is 4.41. The summed E-state index contributed by atoms with van der Waals surface area (Å²) in [5.41, 5.74) is -0.245. The van der Waals surface area contributed by atoms with E-state index < -0.39 is 15.8 Å². The molecule has 0 heterocycles. The lowest BCUT2D eigenvalue weighted by molar-refractivity contribution is 0.250. The van der Waals surface area contributed by atoms with Crippen LogP contribution in [0.3, 0.4) is 0 Å². The summed E-state index contributed by atoms with van der Waals surface area (Å²) in [7, 11) is -3.66. The number of rotatable bonds is 5. The molecule has 1 aliphatic carbocycles. The predicted octanol–water partition coefficient (Wildman–Crippen LogP) is 2.51. The average Bonchev–Trinajstić information content (AvgIpc) is 2.37. The second-order valence-corrected chi connectivity index (χ2v) is 6.94. The molecule has 0 unspecified atom stereocenters. The monoisotopic (exact) mass is 296 g/mol. The van der Waals surface area contributed by atoms with E-state index in [1.54, 1.807) is 13.0 Å². The summed E-state index contributed by atoms with van der Waals surface area (Å²) in [6.45, 7) is 2.65. The van der Waals surface area contributed by atoms with Crippen molar-refractivity contribution in [2.24, 2.45) is 5.92 Å². The molecule has 2 rings (SSSR count). The topological polar surface area (TPSA) is 61.2 Å². The van der Waals surface area contributed by atoms with Gasteiger partial charge in [0.2, 0.25) is 10.0 Å². The fourth-order valence-corrected chi connectivity index (χ4v) is 3.81. The Balaban J connectivity index is 2.30. The second kappa shape index (κ2) is 5.90. The van der Waals surface area contributed by atoms with Crippen molar-refractivity contribution in [3.8, 4) is 6.07 Å². The van der Waals surface area contributed by atoms with Crippen LogP contribution in [-0.2, 0) is 10.0 Å². The van der Waals surface area contributed by atoms with Crippen LogP contribution in [0.1, 0.15) is 31.7 Å². The molecule has 0 bridgehead atoms. The standard InChI is InChI=1S/C14H17FN2O2S/c1-2-17(10-11-4-3-5-11)20(18,19)13-6-7-14(15)12(8-13)9-16/h6-8,11H,2-5,10H2,1H3. The van der Waals surface area contributed by atoms with E-state index in [-0.39, 0.29) is 10.5 Å². The SMILES string of the molecule is CCN(CC1CCC1)S(=O)(=O)c1ccc(F)c(C#N)c1. The van der Waals surface area contributed by atoms with Gasteiger partial charge >= 0.3 is 0 Å². The van der Waals surface area contributed by atoms with Crippen molar-refractivity contribution in [2.75, 3.05) is 13.1 Å². The summed E-state index contributed by atoms with van der Waals surface area (Å²) in [5, 5.41) is 8.80. The van der Waals surface area contributed by atoms with Gasteiger partial charge in [0.05, 0.1) is 10.5 Å². The van der Waals surface area contributed by atoms with E-state index in [4.69, 9.17) is 5.26 Å². The Morgan fingerprint density at radius 2 is 2.15 bits per heavy atom. The van der Waals surface area contributed by atoms with Crippen molar-refractivity contribution >= 4 is 10.0 Å². The van der Waals surface area contributed by atoms with E-state index in [0.29, 0.717) is 19.0 Å². The normalized spacial score (nSPS) is 15.9. The van der Waals surface area contributed by atoms with Crippen molar-refractivity contribution in [1.82, 2.24) is 4.31 Å². The minimum atomic E-state index is -3.66. The maximum Gasteiger partial charge on any atom is 0.243 e. The number of hydrogen-bond acceptors (Lipinski definition) is 3. The van der Waals surface area contributed by atoms with Gasteiger partial charge < -0.3 is 0 Å². The molecule has 4 nitrogen and oxygen atoms in total. The highest BCUT2D eigenvalue weighted by Crippen LogP contribution is 2.29. The number of hydrogen-bond donors (Lipinski definition) is 0. The van der Waals surface area contributed by atoms with E-state index in [1.165, 1.54) is 10.4 Å². The van der Waals surface area contributed by atoms with Gasteiger partial charge in [-0.1, -0.05) is 13.3 Å². The molecule has 1 saturated carbocycles.